The molecule has 1 saturated carbocycles. The van der Waals surface area contributed by atoms with E-state index in [4.69, 9.17) is 16.3 Å². The number of sulfonamides is 1. The molecule has 84 heavy (non-hydrogen) atoms. The predicted octanol–water partition coefficient (Wildman–Crippen LogP) is 9.04. The first-order valence-electron chi connectivity index (χ1n) is 28.9. The van der Waals surface area contributed by atoms with Crippen LogP contribution in [-0.2, 0) is 32.7 Å². The van der Waals surface area contributed by atoms with Gasteiger partial charge in [0.1, 0.15) is 23.2 Å². The molecule has 0 radical (unpaired) electrons. The van der Waals surface area contributed by atoms with Crippen LogP contribution in [0.5, 0.6) is 11.5 Å². The van der Waals surface area contributed by atoms with Gasteiger partial charge in [0.2, 0.25) is 11.8 Å². The van der Waals surface area contributed by atoms with Crippen molar-refractivity contribution in [2.75, 3.05) is 68.2 Å². The molecule has 20 nitrogen and oxygen atoms in total. The van der Waals surface area contributed by atoms with Gasteiger partial charge < -0.3 is 41.0 Å². The van der Waals surface area contributed by atoms with E-state index in [2.05, 4.69) is 77.8 Å². The van der Waals surface area contributed by atoms with Gasteiger partial charge in [0.15, 0.2) is 0 Å². The Hall–Kier alpha value is -7.37. The number of piperazine rings is 1. The lowest BCUT2D eigenvalue weighted by molar-refractivity contribution is -0.136. The summed E-state index contributed by atoms with van der Waals surface area (Å²) in [6.45, 7) is 11.8. The highest BCUT2D eigenvalue weighted by Crippen LogP contribution is 2.43. The van der Waals surface area contributed by atoms with E-state index in [-0.39, 0.29) is 57.5 Å². The number of fused-ring (bicyclic) bond motifs is 2. The second-order valence-electron chi connectivity index (χ2n) is 23.6. The molecular weight excluding hydrogens is 1110 g/mol. The summed E-state index contributed by atoms with van der Waals surface area (Å²) < 4.78 is 36.3. The molecule has 1 atom stereocenters. The minimum atomic E-state index is -4.59. The summed E-state index contributed by atoms with van der Waals surface area (Å²) >= 11 is 6.22. The van der Waals surface area contributed by atoms with Crippen molar-refractivity contribution in [2.24, 2.45) is 11.3 Å². The second kappa shape index (κ2) is 25.1. The summed E-state index contributed by atoms with van der Waals surface area (Å²) in [5, 5.41) is 36.6. The molecule has 6 aromatic rings. The molecule has 3 fully saturated rings. The van der Waals surface area contributed by atoms with Gasteiger partial charge in [0.25, 0.3) is 21.8 Å². The van der Waals surface area contributed by atoms with E-state index < -0.39 is 32.8 Å². The Labute approximate surface area is 493 Å². The number of aromatic nitrogens is 2. The van der Waals surface area contributed by atoms with E-state index in [0.717, 1.165) is 107 Å². The number of nitrogens with one attached hydrogen (secondary N) is 6. The summed E-state index contributed by atoms with van der Waals surface area (Å²) in [6.07, 6.45) is 10.8. The fourth-order valence-corrected chi connectivity index (χ4v) is 13.6. The first-order chi connectivity index (χ1) is 40.4. The number of hydrogen-bond donors (Lipinski definition) is 7. The number of anilines is 3. The topological polar surface area (TPSA) is 257 Å². The van der Waals surface area contributed by atoms with E-state index in [1.165, 1.54) is 41.1 Å². The minimum Gasteiger partial charge on any atom is -0.733 e. The molecule has 3 aliphatic heterocycles. The van der Waals surface area contributed by atoms with Gasteiger partial charge in [-0.05, 0) is 146 Å². The SMILES string of the molecule is CC1(C)CCC(CNCCNc2ccc(C(=O)NS(=O)(=O)c3ccc(NCC4CCC(N5CCN(Cc6ccc7c(c6)CN(C6CCC(=O)NC6=O)C7=O)CC5)CC4)c(N([O-])O)c3)c(Oc3cnc4[nH]ccc4c3)c2)=C(c2ccc(Cl)cc2)C1. The molecule has 1 unspecified atom stereocenters. The third-order valence-electron chi connectivity index (χ3n) is 17.2. The number of halogens is 1. The first-order valence-corrected chi connectivity index (χ1v) is 30.8. The monoisotopic (exact) mass is 1180 g/mol. The molecule has 4 amide bonds. The third-order valence-corrected chi connectivity index (χ3v) is 18.8. The standard InChI is InChI=1S/C62H71ClN11O9S/c1-62(2)21-19-43(52(33-62)41-6-8-45(63)9-7-41)35-64-23-24-65-46-10-15-51(56(31-46)83-48-30-42-20-22-66-58(42)68-36-48)59(76)70-84(81,82)49-13-16-53(55(32-49)74(79)80)67-34-39-3-11-47(12-4-39)72-27-25-71(26-28-72)37-40-5-14-50-44(29-40)38-73(61(50)78)54-17-18-57(75)69-60(54)77/h5-10,13-16,20,22,29-32,36,39,47,54,64-65,67,79H,3-4,11-12,17-19,21,23-28,33-35,37-38H2,1-2H3,(H,66,68)(H,70,76)(H,69,75,77)/q-1. The number of carbonyl (C=O) groups is 4. The van der Waals surface area contributed by atoms with Crippen LogP contribution in [0.1, 0.15) is 109 Å². The van der Waals surface area contributed by atoms with Crippen LogP contribution in [0.25, 0.3) is 16.6 Å². The van der Waals surface area contributed by atoms with Crippen molar-refractivity contribution in [1.29, 1.82) is 0 Å². The molecule has 442 valence electrons. The molecule has 2 aromatic heterocycles. The number of aromatic amines is 1. The summed E-state index contributed by atoms with van der Waals surface area (Å²) in [5.41, 5.74) is 7.88. The van der Waals surface area contributed by atoms with Crippen LogP contribution in [0.2, 0.25) is 5.02 Å². The van der Waals surface area contributed by atoms with E-state index in [1.807, 2.05) is 30.3 Å². The maximum Gasteiger partial charge on any atom is 0.268 e. The van der Waals surface area contributed by atoms with E-state index in [0.29, 0.717) is 66.3 Å². The van der Waals surface area contributed by atoms with Crippen molar-refractivity contribution in [1.82, 2.24) is 40.0 Å². The van der Waals surface area contributed by atoms with Crippen molar-refractivity contribution < 1.29 is 37.5 Å². The molecule has 2 saturated heterocycles. The van der Waals surface area contributed by atoms with Crippen molar-refractivity contribution in [3.63, 3.8) is 0 Å². The van der Waals surface area contributed by atoms with Crippen molar-refractivity contribution >= 4 is 78.9 Å². The molecule has 5 aliphatic rings. The van der Waals surface area contributed by atoms with Crippen LogP contribution in [0.3, 0.4) is 0 Å². The van der Waals surface area contributed by atoms with Crippen LogP contribution < -0.4 is 36.0 Å². The molecule has 22 heteroatoms. The average molecular weight is 1180 g/mol. The molecule has 0 spiro atoms. The van der Waals surface area contributed by atoms with Crippen LogP contribution in [0.4, 0.5) is 17.1 Å². The maximum absolute atomic E-state index is 14.0. The quantitative estimate of drug-likeness (QED) is 0.0214. The van der Waals surface area contributed by atoms with Gasteiger partial charge >= 0.3 is 0 Å². The number of amides is 4. The van der Waals surface area contributed by atoms with Gasteiger partial charge in [-0.3, -0.25) is 39.5 Å². The summed E-state index contributed by atoms with van der Waals surface area (Å²) in [4.78, 5) is 65.1. The number of ether oxygens (including phenoxy) is 1. The number of allylic oxidation sites excluding steroid dienone is 1. The fraction of sp³-hybridized carbons (Fsp3) is 0.403. The Morgan fingerprint density at radius 2 is 1.70 bits per heavy atom. The number of nitrogens with zero attached hydrogens (tertiary/aromatic N) is 5. The lowest BCUT2D eigenvalue weighted by atomic mass is 9.72. The lowest BCUT2D eigenvalue weighted by Crippen LogP contribution is -2.52. The molecule has 5 heterocycles. The number of rotatable bonds is 20. The largest absolute Gasteiger partial charge is 0.733 e. The zero-order valence-corrected chi connectivity index (χ0v) is 48.8. The predicted molar refractivity (Wildman–Crippen MR) is 322 cm³/mol. The number of H-pyrrole nitrogens is 1. The van der Waals surface area contributed by atoms with E-state index in [9.17, 15) is 38.0 Å². The number of pyridine rings is 1. The van der Waals surface area contributed by atoms with Gasteiger partial charge in [0, 0.05) is 112 Å². The maximum atomic E-state index is 14.0. The summed E-state index contributed by atoms with van der Waals surface area (Å²) in [5.74, 6) is -1.20. The Morgan fingerprint density at radius 3 is 2.48 bits per heavy atom. The van der Waals surface area contributed by atoms with Crippen molar-refractivity contribution in [3.8, 4) is 11.5 Å². The Balaban J connectivity index is 0.669. The smallest absolute Gasteiger partial charge is 0.268 e. The minimum absolute atomic E-state index is 0.0727. The Bertz CT molecular complexity index is 3590. The van der Waals surface area contributed by atoms with E-state index in [1.54, 1.807) is 29.3 Å². The van der Waals surface area contributed by atoms with Crippen molar-refractivity contribution in [2.45, 2.75) is 102 Å². The highest BCUT2D eigenvalue weighted by atomic mass is 35.5. The van der Waals surface area contributed by atoms with Crippen molar-refractivity contribution in [3.05, 3.63) is 147 Å². The van der Waals surface area contributed by atoms with Crippen LogP contribution in [0.15, 0.2) is 114 Å². The van der Waals surface area contributed by atoms with Gasteiger partial charge in [-0.15, -0.1) is 0 Å². The van der Waals surface area contributed by atoms with Gasteiger partial charge in [-0.2, -0.15) is 0 Å². The highest BCUT2D eigenvalue weighted by molar-refractivity contribution is 7.90. The average Bonchev–Trinajstić information content (AvgIpc) is 2.84. The van der Waals surface area contributed by atoms with Crippen LogP contribution >= 0.6 is 11.6 Å². The number of benzene rings is 4. The molecule has 2 aliphatic carbocycles. The summed E-state index contributed by atoms with van der Waals surface area (Å²) in [6, 6.07) is 25.9. The number of hydrogen-bond acceptors (Lipinski definition) is 16. The number of piperidine rings is 1. The molecule has 11 rings (SSSR count). The number of imide groups is 1. The Kier molecular flexibility index (Phi) is 17.4. The molecule has 4 aromatic carbocycles. The van der Waals surface area contributed by atoms with Crippen LogP contribution in [0, 0.1) is 16.5 Å². The number of carbonyl (C=O) groups excluding carboxylic acids is 4. The van der Waals surface area contributed by atoms with Crippen LogP contribution in [-0.4, -0.2) is 126 Å². The van der Waals surface area contributed by atoms with Gasteiger partial charge in [-0.25, -0.2) is 18.1 Å². The lowest BCUT2D eigenvalue weighted by Gasteiger charge is -2.42. The zero-order valence-electron chi connectivity index (χ0n) is 47.2. The zero-order chi connectivity index (χ0) is 58.7. The Morgan fingerprint density at radius 1 is 0.905 bits per heavy atom. The third kappa shape index (κ3) is 13.6. The first kappa shape index (κ1) is 58.4. The van der Waals surface area contributed by atoms with E-state index >= 15 is 0 Å². The highest BCUT2D eigenvalue weighted by Gasteiger charge is 2.39. The fourth-order valence-electron chi connectivity index (χ4n) is 12.5. The normalized spacial score (nSPS) is 20.4. The molecule has 0 bridgehead atoms. The second-order valence-corrected chi connectivity index (χ2v) is 25.7. The van der Waals surface area contributed by atoms with Gasteiger partial charge in [-0.1, -0.05) is 55.3 Å². The molecular formula is C62H71ClN11O9S-. The molecule has 7 N–H and O–H groups in total. The summed E-state index contributed by atoms with van der Waals surface area (Å²) in [7, 11) is -4.59. The van der Waals surface area contributed by atoms with Gasteiger partial charge in [0.05, 0.1) is 28.0 Å².